The molecular weight excluding hydrogens is 432 g/mol. The zero-order chi connectivity index (χ0) is 24.1. The lowest BCUT2D eigenvalue weighted by molar-refractivity contribution is -0.138. The number of carbonyl (C=O) groups is 3. The van der Waals surface area contributed by atoms with Crippen LogP contribution in [-0.4, -0.2) is 41.8 Å². The number of hydrogen-bond donors (Lipinski definition) is 3. The maximum Gasteiger partial charge on any atom is 0.407 e. The molecule has 1 saturated carbocycles. The molecule has 0 heterocycles. The van der Waals surface area contributed by atoms with Crippen molar-refractivity contribution in [1.82, 2.24) is 10.6 Å². The highest BCUT2D eigenvalue weighted by atomic mass is 16.5. The van der Waals surface area contributed by atoms with E-state index in [1.54, 1.807) is 0 Å². The standard InChI is InChI=1S/C27H32N2O5/c1-2-17(15-25(30)31)28-26(32)22-13-7-8-14-24(22)29-27(33)34-16-23-20-11-5-3-9-18(20)19-10-4-6-12-21(19)23/h3-6,9-12,17,22-24H,2,7-8,13-16H2,1H3,(H,28,32)(H,29,33)(H,30,31)/t17-,22+,24-/m1/s1. The number of nitrogens with one attached hydrogen (secondary N) is 2. The minimum Gasteiger partial charge on any atom is -0.481 e. The third-order valence-electron chi connectivity index (χ3n) is 7.01. The van der Waals surface area contributed by atoms with E-state index in [9.17, 15) is 14.4 Å². The molecule has 0 radical (unpaired) electrons. The molecule has 2 aromatic carbocycles. The lowest BCUT2D eigenvalue weighted by atomic mass is 9.83. The summed E-state index contributed by atoms with van der Waals surface area (Å²) in [7, 11) is 0. The number of ether oxygens (including phenoxy) is 1. The fourth-order valence-electron chi connectivity index (χ4n) is 5.23. The summed E-state index contributed by atoms with van der Waals surface area (Å²) in [5, 5.41) is 14.8. The number of rotatable bonds is 8. The zero-order valence-electron chi connectivity index (χ0n) is 19.5. The van der Waals surface area contributed by atoms with Gasteiger partial charge in [0, 0.05) is 18.0 Å². The first-order valence-electron chi connectivity index (χ1n) is 12.1. The summed E-state index contributed by atoms with van der Waals surface area (Å²) in [4.78, 5) is 36.7. The zero-order valence-corrected chi connectivity index (χ0v) is 19.5. The van der Waals surface area contributed by atoms with Gasteiger partial charge in [-0.1, -0.05) is 68.3 Å². The van der Waals surface area contributed by atoms with Gasteiger partial charge in [-0.15, -0.1) is 0 Å². The Labute approximate surface area is 199 Å². The Morgan fingerprint density at radius 1 is 1.00 bits per heavy atom. The largest absolute Gasteiger partial charge is 0.481 e. The van der Waals surface area contributed by atoms with E-state index in [1.165, 1.54) is 11.1 Å². The molecule has 0 spiro atoms. The van der Waals surface area contributed by atoms with E-state index in [4.69, 9.17) is 9.84 Å². The number of carboxylic acid groups (broad SMARTS) is 1. The highest BCUT2D eigenvalue weighted by Crippen LogP contribution is 2.44. The molecule has 7 nitrogen and oxygen atoms in total. The van der Waals surface area contributed by atoms with E-state index in [-0.39, 0.29) is 30.9 Å². The Kier molecular flexibility index (Phi) is 7.50. The quantitative estimate of drug-likeness (QED) is 0.535. The van der Waals surface area contributed by atoms with Gasteiger partial charge in [0.1, 0.15) is 6.61 Å². The van der Waals surface area contributed by atoms with Crippen molar-refractivity contribution in [3.8, 4) is 11.1 Å². The molecule has 1 fully saturated rings. The molecule has 2 aliphatic rings. The second-order valence-corrected chi connectivity index (χ2v) is 9.18. The van der Waals surface area contributed by atoms with E-state index in [1.807, 2.05) is 31.2 Å². The van der Waals surface area contributed by atoms with E-state index < -0.39 is 24.0 Å². The predicted molar refractivity (Wildman–Crippen MR) is 128 cm³/mol. The number of carboxylic acids is 1. The molecule has 0 aliphatic heterocycles. The molecule has 4 rings (SSSR count). The first-order valence-corrected chi connectivity index (χ1v) is 12.1. The Morgan fingerprint density at radius 3 is 2.24 bits per heavy atom. The molecule has 2 aliphatic carbocycles. The fourth-order valence-corrected chi connectivity index (χ4v) is 5.23. The number of fused-ring (bicyclic) bond motifs is 3. The summed E-state index contributed by atoms with van der Waals surface area (Å²) in [6.07, 6.45) is 3.07. The molecule has 7 heteroatoms. The van der Waals surface area contributed by atoms with Crippen LogP contribution < -0.4 is 10.6 Å². The minimum atomic E-state index is -0.941. The van der Waals surface area contributed by atoms with Crippen molar-refractivity contribution < 1.29 is 24.2 Å². The Bertz CT molecular complexity index is 1010. The van der Waals surface area contributed by atoms with Crippen molar-refractivity contribution in [2.24, 2.45) is 5.92 Å². The SMILES string of the molecule is CC[C@H](CC(=O)O)NC(=O)[C@H]1CCCC[C@H]1NC(=O)OCC1c2ccccc2-c2ccccc21. The van der Waals surface area contributed by atoms with E-state index >= 15 is 0 Å². The molecule has 180 valence electrons. The second kappa shape index (κ2) is 10.7. The van der Waals surface area contributed by atoms with E-state index in [0.717, 1.165) is 24.0 Å². The van der Waals surface area contributed by atoms with Crippen LogP contribution in [0.3, 0.4) is 0 Å². The molecule has 3 N–H and O–H groups in total. The third-order valence-corrected chi connectivity index (χ3v) is 7.01. The van der Waals surface area contributed by atoms with Crippen LogP contribution in [-0.2, 0) is 14.3 Å². The maximum absolute atomic E-state index is 12.9. The van der Waals surface area contributed by atoms with Crippen molar-refractivity contribution in [2.45, 2.75) is 63.5 Å². The maximum atomic E-state index is 12.9. The number of hydrogen-bond acceptors (Lipinski definition) is 4. The smallest absolute Gasteiger partial charge is 0.407 e. The van der Waals surface area contributed by atoms with Crippen LogP contribution in [0.25, 0.3) is 11.1 Å². The molecule has 2 aromatic rings. The van der Waals surface area contributed by atoms with Crippen LogP contribution >= 0.6 is 0 Å². The van der Waals surface area contributed by atoms with Gasteiger partial charge in [-0.2, -0.15) is 0 Å². The first-order chi connectivity index (χ1) is 16.5. The van der Waals surface area contributed by atoms with Crippen molar-refractivity contribution >= 4 is 18.0 Å². The van der Waals surface area contributed by atoms with E-state index in [2.05, 4.69) is 34.9 Å². The normalized spacial score (nSPS) is 20.0. The van der Waals surface area contributed by atoms with Gasteiger partial charge in [0.25, 0.3) is 0 Å². The van der Waals surface area contributed by atoms with Crippen molar-refractivity contribution in [3.05, 3.63) is 59.7 Å². The fraction of sp³-hybridized carbons (Fsp3) is 0.444. The molecule has 34 heavy (non-hydrogen) atoms. The van der Waals surface area contributed by atoms with Gasteiger partial charge >= 0.3 is 12.1 Å². The van der Waals surface area contributed by atoms with Gasteiger partial charge in [0.2, 0.25) is 5.91 Å². The Hall–Kier alpha value is -3.35. The summed E-state index contributed by atoms with van der Waals surface area (Å²) < 4.78 is 5.67. The van der Waals surface area contributed by atoms with Crippen LogP contribution in [0.2, 0.25) is 0 Å². The van der Waals surface area contributed by atoms with Crippen LogP contribution in [0.15, 0.2) is 48.5 Å². The minimum absolute atomic E-state index is 0.0232. The van der Waals surface area contributed by atoms with Gasteiger partial charge < -0.3 is 20.5 Å². The summed E-state index contributed by atoms with van der Waals surface area (Å²) in [6, 6.07) is 15.6. The summed E-state index contributed by atoms with van der Waals surface area (Å²) in [6.45, 7) is 2.07. The lowest BCUT2D eigenvalue weighted by Gasteiger charge is -2.32. The number of benzene rings is 2. The number of alkyl carbamates (subject to hydrolysis) is 1. The Morgan fingerprint density at radius 2 is 1.62 bits per heavy atom. The van der Waals surface area contributed by atoms with Crippen molar-refractivity contribution in [3.63, 3.8) is 0 Å². The monoisotopic (exact) mass is 464 g/mol. The topological polar surface area (TPSA) is 105 Å². The van der Waals surface area contributed by atoms with Gasteiger partial charge in [-0.05, 0) is 41.5 Å². The van der Waals surface area contributed by atoms with Gasteiger partial charge in [0.05, 0.1) is 12.3 Å². The van der Waals surface area contributed by atoms with Crippen molar-refractivity contribution in [1.29, 1.82) is 0 Å². The van der Waals surface area contributed by atoms with Crippen LogP contribution in [0, 0.1) is 5.92 Å². The molecule has 2 amide bonds. The predicted octanol–water partition coefficient (Wildman–Crippen LogP) is 4.45. The summed E-state index contributed by atoms with van der Waals surface area (Å²) >= 11 is 0. The summed E-state index contributed by atoms with van der Waals surface area (Å²) in [5.41, 5.74) is 4.64. The average Bonchev–Trinajstić information content (AvgIpc) is 3.16. The molecule has 0 saturated heterocycles. The third kappa shape index (κ3) is 5.24. The molecule has 0 bridgehead atoms. The highest BCUT2D eigenvalue weighted by molar-refractivity contribution is 5.82. The van der Waals surface area contributed by atoms with Crippen LogP contribution in [0.4, 0.5) is 4.79 Å². The second-order valence-electron chi connectivity index (χ2n) is 9.18. The molecule has 0 aromatic heterocycles. The van der Waals surface area contributed by atoms with E-state index in [0.29, 0.717) is 19.3 Å². The molecule has 3 atom stereocenters. The number of aliphatic carboxylic acids is 1. The van der Waals surface area contributed by atoms with Gasteiger partial charge in [0.15, 0.2) is 0 Å². The van der Waals surface area contributed by atoms with Gasteiger partial charge in [-0.25, -0.2) is 4.79 Å². The number of amides is 2. The summed E-state index contributed by atoms with van der Waals surface area (Å²) in [5.74, 6) is -1.55. The van der Waals surface area contributed by atoms with Crippen molar-refractivity contribution in [2.75, 3.05) is 6.61 Å². The first kappa shape index (κ1) is 23.8. The highest BCUT2D eigenvalue weighted by Gasteiger charge is 2.34. The molecule has 0 unspecified atom stereocenters. The molecular formula is C27H32N2O5. The lowest BCUT2D eigenvalue weighted by Crippen LogP contribution is -2.50. The van der Waals surface area contributed by atoms with Crippen LogP contribution in [0.5, 0.6) is 0 Å². The average molecular weight is 465 g/mol. The van der Waals surface area contributed by atoms with Gasteiger partial charge in [-0.3, -0.25) is 9.59 Å². The van der Waals surface area contributed by atoms with Crippen LogP contribution in [0.1, 0.15) is 62.5 Å². The Balaban J connectivity index is 1.37. The number of carbonyl (C=O) groups excluding carboxylic acids is 2.